The van der Waals surface area contributed by atoms with E-state index in [2.05, 4.69) is 51.2 Å². The third kappa shape index (κ3) is 1.01. The van der Waals surface area contributed by atoms with Crippen LogP contribution in [-0.2, 0) is 0 Å². The van der Waals surface area contributed by atoms with Crippen molar-refractivity contribution in [3.05, 3.63) is 46.9 Å². The van der Waals surface area contributed by atoms with E-state index >= 15 is 0 Å². The van der Waals surface area contributed by atoms with Crippen molar-refractivity contribution in [1.82, 2.24) is 4.98 Å². The standard InChI is InChI=1S/C12H8BrN/c13-9-5-3-7-11-12(9)8-4-1-2-6-10(8)14-11/h1-7,14H. The van der Waals surface area contributed by atoms with Crippen molar-refractivity contribution in [2.75, 3.05) is 0 Å². The number of rotatable bonds is 0. The minimum absolute atomic E-state index is 1.15. The fourth-order valence-corrected chi connectivity index (χ4v) is 2.44. The molecule has 0 bridgehead atoms. The minimum Gasteiger partial charge on any atom is -0.354 e. The van der Waals surface area contributed by atoms with Gasteiger partial charge in [0.1, 0.15) is 0 Å². The van der Waals surface area contributed by atoms with Gasteiger partial charge >= 0.3 is 0 Å². The lowest BCUT2D eigenvalue weighted by Gasteiger charge is -1.93. The molecule has 0 radical (unpaired) electrons. The maximum Gasteiger partial charge on any atom is 0.0476 e. The zero-order chi connectivity index (χ0) is 9.54. The van der Waals surface area contributed by atoms with Gasteiger partial charge in [-0.25, -0.2) is 0 Å². The highest BCUT2D eigenvalue weighted by molar-refractivity contribution is 9.10. The zero-order valence-electron chi connectivity index (χ0n) is 7.42. The lowest BCUT2D eigenvalue weighted by molar-refractivity contribution is 1.54. The molecular formula is C12H8BrN. The Morgan fingerprint density at radius 3 is 2.57 bits per heavy atom. The number of hydrogen-bond donors (Lipinski definition) is 1. The number of hydrogen-bond acceptors (Lipinski definition) is 0. The Morgan fingerprint density at radius 1 is 0.857 bits per heavy atom. The molecule has 3 rings (SSSR count). The van der Waals surface area contributed by atoms with Gasteiger partial charge in [0.2, 0.25) is 0 Å². The van der Waals surface area contributed by atoms with Crippen LogP contribution in [0, 0.1) is 0 Å². The Kier molecular flexibility index (Phi) is 1.64. The third-order valence-electron chi connectivity index (χ3n) is 2.48. The predicted molar refractivity (Wildman–Crippen MR) is 63.5 cm³/mol. The van der Waals surface area contributed by atoms with Gasteiger partial charge in [-0.3, -0.25) is 0 Å². The van der Waals surface area contributed by atoms with Gasteiger partial charge in [-0.1, -0.05) is 40.2 Å². The molecule has 3 aromatic rings. The van der Waals surface area contributed by atoms with Crippen LogP contribution < -0.4 is 0 Å². The average molecular weight is 246 g/mol. The molecule has 14 heavy (non-hydrogen) atoms. The Balaban J connectivity index is 2.65. The second kappa shape index (κ2) is 2.85. The van der Waals surface area contributed by atoms with Crippen LogP contribution in [0.4, 0.5) is 0 Å². The molecule has 2 aromatic carbocycles. The minimum atomic E-state index is 1.15. The van der Waals surface area contributed by atoms with Gasteiger partial charge in [0, 0.05) is 26.3 Å². The van der Waals surface area contributed by atoms with Crippen molar-refractivity contribution in [3.8, 4) is 0 Å². The highest BCUT2D eigenvalue weighted by atomic mass is 79.9. The summed E-state index contributed by atoms with van der Waals surface area (Å²) in [6, 6.07) is 14.6. The smallest absolute Gasteiger partial charge is 0.0476 e. The largest absolute Gasteiger partial charge is 0.354 e. The molecule has 0 amide bonds. The average Bonchev–Trinajstić information content (AvgIpc) is 2.57. The van der Waals surface area contributed by atoms with Crippen molar-refractivity contribution in [3.63, 3.8) is 0 Å². The summed E-state index contributed by atoms with van der Waals surface area (Å²) in [7, 11) is 0. The van der Waals surface area contributed by atoms with Crippen LogP contribution in [0.25, 0.3) is 21.8 Å². The first-order chi connectivity index (χ1) is 6.86. The molecule has 0 aliphatic heterocycles. The van der Waals surface area contributed by atoms with Gasteiger partial charge in [0.05, 0.1) is 0 Å². The molecule has 68 valence electrons. The molecule has 0 fully saturated rings. The first kappa shape index (κ1) is 8.06. The molecule has 0 aliphatic rings. The van der Waals surface area contributed by atoms with E-state index in [1.54, 1.807) is 0 Å². The van der Waals surface area contributed by atoms with Crippen LogP contribution >= 0.6 is 15.9 Å². The van der Waals surface area contributed by atoms with E-state index in [-0.39, 0.29) is 0 Å². The van der Waals surface area contributed by atoms with Crippen molar-refractivity contribution >= 4 is 37.7 Å². The highest BCUT2D eigenvalue weighted by Crippen LogP contribution is 2.30. The summed E-state index contributed by atoms with van der Waals surface area (Å²) in [6.07, 6.45) is 0. The van der Waals surface area contributed by atoms with Gasteiger partial charge < -0.3 is 4.98 Å². The summed E-state index contributed by atoms with van der Waals surface area (Å²) in [5.41, 5.74) is 2.37. The fourth-order valence-electron chi connectivity index (χ4n) is 1.86. The topological polar surface area (TPSA) is 15.8 Å². The van der Waals surface area contributed by atoms with E-state index in [0.29, 0.717) is 0 Å². The molecule has 0 atom stereocenters. The van der Waals surface area contributed by atoms with Crippen LogP contribution in [0.2, 0.25) is 0 Å². The molecule has 1 heterocycles. The lowest BCUT2D eigenvalue weighted by Crippen LogP contribution is -1.68. The van der Waals surface area contributed by atoms with E-state index < -0.39 is 0 Å². The number of H-pyrrole nitrogens is 1. The Labute approximate surface area is 89.9 Å². The van der Waals surface area contributed by atoms with Crippen LogP contribution in [0.1, 0.15) is 0 Å². The number of nitrogens with one attached hydrogen (secondary N) is 1. The Morgan fingerprint density at radius 2 is 1.64 bits per heavy atom. The van der Waals surface area contributed by atoms with Crippen molar-refractivity contribution in [2.24, 2.45) is 0 Å². The molecule has 1 aromatic heterocycles. The van der Waals surface area contributed by atoms with E-state index in [0.717, 1.165) is 4.47 Å². The summed E-state index contributed by atoms with van der Waals surface area (Å²) >= 11 is 3.58. The summed E-state index contributed by atoms with van der Waals surface area (Å²) in [5.74, 6) is 0. The maximum atomic E-state index is 3.58. The van der Waals surface area contributed by atoms with Crippen molar-refractivity contribution in [2.45, 2.75) is 0 Å². The first-order valence-corrected chi connectivity index (χ1v) is 5.30. The maximum absolute atomic E-state index is 3.58. The first-order valence-electron chi connectivity index (χ1n) is 4.51. The predicted octanol–water partition coefficient (Wildman–Crippen LogP) is 4.08. The summed E-state index contributed by atoms with van der Waals surface area (Å²) in [4.78, 5) is 3.39. The SMILES string of the molecule is Brc1cccc2[nH]c3ccccc3c12. The van der Waals surface area contributed by atoms with E-state index in [4.69, 9.17) is 0 Å². The normalized spacial score (nSPS) is 11.2. The quantitative estimate of drug-likeness (QED) is 0.615. The summed E-state index contributed by atoms with van der Waals surface area (Å²) in [5, 5.41) is 2.54. The second-order valence-electron chi connectivity index (χ2n) is 3.33. The van der Waals surface area contributed by atoms with Crippen LogP contribution in [0.15, 0.2) is 46.9 Å². The Hall–Kier alpha value is -1.28. The number of benzene rings is 2. The van der Waals surface area contributed by atoms with Crippen molar-refractivity contribution < 1.29 is 0 Å². The molecule has 0 spiro atoms. The third-order valence-corrected chi connectivity index (χ3v) is 3.14. The molecule has 0 saturated heterocycles. The van der Waals surface area contributed by atoms with Gasteiger partial charge in [0.25, 0.3) is 0 Å². The number of aromatic nitrogens is 1. The molecular weight excluding hydrogens is 238 g/mol. The monoisotopic (exact) mass is 245 g/mol. The molecule has 2 heteroatoms. The van der Waals surface area contributed by atoms with Crippen LogP contribution in [0.5, 0.6) is 0 Å². The van der Waals surface area contributed by atoms with Crippen molar-refractivity contribution in [1.29, 1.82) is 0 Å². The highest BCUT2D eigenvalue weighted by Gasteiger charge is 2.05. The molecule has 0 aliphatic carbocycles. The molecule has 1 nitrogen and oxygen atoms in total. The van der Waals surface area contributed by atoms with Gasteiger partial charge in [-0.15, -0.1) is 0 Å². The number of halogens is 1. The number of aromatic amines is 1. The molecule has 0 unspecified atom stereocenters. The van der Waals surface area contributed by atoms with Gasteiger partial charge in [-0.2, -0.15) is 0 Å². The number of fused-ring (bicyclic) bond motifs is 3. The Bertz CT molecular complexity index is 610. The van der Waals surface area contributed by atoms with Crippen LogP contribution in [-0.4, -0.2) is 4.98 Å². The van der Waals surface area contributed by atoms with Gasteiger partial charge in [0.15, 0.2) is 0 Å². The van der Waals surface area contributed by atoms with Gasteiger partial charge in [-0.05, 0) is 18.2 Å². The van der Waals surface area contributed by atoms with Crippen LogP contribution in [0.3, 0.4) is 0 Å². The summed E-state index contributed by atoms with van der Waals surface area (Å²) < 4.78 is 1.15. The zero-order valence-corrected chi connectivity index (χ0v) is 9.01. The van der Waals surface area contributed by atoms with E-state index in [1.807, 2.05) is 12.1 Å². The summed E-state index contributed by atoms with van der Waals surface area (Å²) in [6.45, 7) is 0. The van der Waals surface area contributed by atoms with E-state index in [9.17, 15) is 0 Å². The fraction of sp³-hybridized carbons (Fsp3) is 0. The molecule has 0 saturated carbocycles. The second-order valence-corrected chi connectivity index (χ2v) is 4.19. The number of para-hydroxylation sites is 1. The molecule has 1 N–H and O–H groups in total. The lowest BCUT2D eigenvalue weighted by atomic mass is 10.2. The van der Waals surface area contributed by atoms with E-state index in [1.165, 1.54) is 21.8 Å².